The smallest absolute Gasteiger partial charge is 0.407 e. The Labute approximate surface area is 102 Å². The lowest BCUT2D eigenvalue weighted by atomic mass is 10.2. The fourth-order valence-electron chi connectivity index (χ4n) is 1.05. The summed E-state index contributed by atoms with van der Waals surface area (Å²) in [7, 11) is 0. The Balaban J connectivity index is 3.37. The first kappa shape index (κ1) is 16.1. The molecule has 0 spiro atoms. The van der Waals surface area contributed by atoms with Crippen molar-refractivity contribution in [2.75, 3.05) is 26.2 Å². The highest BCUT2D eigenvalue weighted by Gasteiger charge is 2.15. The van der Waals surface area contributed by atoms with Gasteiger partial charge in [-0.25, -0.2) is 4.79 Å². The summed E-state index contributed by atoms with van der Waals surface area (Å²) in [6, 6.07) is 0. The Bertz CT molecular complexity index is 216. The van der Waals surface area contributed by atoms with E-state index in [1.807, 2.05) is 20.8 Å². The number of carbonyl (C=O) groups excluding carboxylic acids is 1. The molecule has 0 aliphatic heterocycles. The summed E-state index contributed by atoms with van der Waals surface area (Å²) in [6.07, 6.45) is -0.418. The van der Waals surface area contributed by atoms with Gasteiger partial charge in [-0.05, 0) is 33.7 Å². The number of alkyl carbamates (subject to hydrolysis) is 1. The van der Waals surface area contributed by atoms with Gasteiger partial charge in [0, 0.05) is 13.1 Å². The normalized spacial score (nSPS) is 13.2. The molecule has 0 rings (SSSR count). The van der Waals surface area contributed by atoms with E-state index in [4.69, 9.17) is 14.9 Å². The molecule has 4 N–H and O–H groups in total. The molecule has 0 saturated carbocycles. The lowest BCUT2D eigenvalue weighted by Crippen LogP contribution is -2.35. The van der Waals surface area contributed by atoms with Crippen molar-refractivity contribution in [2.45, 2.75) is 38.9 Å². The van der Waals surface area contributed by atoms with Crippen LogP contribution in [0.4, 0.5) is 4.79 Å². The average Bonchev–Trinajstić information content (AvgIpc) is 2.20. The molecule has 102 valence electrons. The summed E-state index contributed by atoms with van der Waals surface area (Å²) in [4.78, 5) is 11.2. The second-order valence-corrected chi connectivity index (χ2v) is 4.82. The summed E-state index contributed by atoms with van der Waals surface area (Å²) < 4.78 is 5.06. The minimum absolute atomic E-state index is 0.247. The Morgan fingerprint density at radius 2 is 2.00 bits per heavy atom. The van der Waals surface area contributed by atoms with Gasteiger partial charge in [0.25, 0.3) is 0 Å². The first-order chi connectivity index (χ1) is 7.85. The molecule has 0 heterocycles. The van der Waals surface area contributed by atoms with E-state index in [1.165, 1.54) is 0 Å². The highest BCUT2D eigenvalue weighted by molar-refractivity contribution is 5.67. The first-order valence-corrected chi connectivity index (χ1v) is 5.81. The third-order valence-electron chi connectivity index (χ3n) is 1.79. The zero-order valence-electron chi connectivity index (χ0n) is 10.8. The van der Waals surface area contributed by atoms with Crippen LogP contribution in [0.1, 0.15) is 27.2 Å². The second-order valence-electron chi connectivity index (χ2n) is 4.82. The van der Waals surface area contributed by atoms with Crippen molar-refractivity contribution in [3.8, 4) is 0 Å². The summed E-state index contributed by atoms with van der Waals surface area (Å²) in [5.74, 6) is 0. The van der Waals surface area contributed by atoms with E-state index in [9.17, 15) is 4.79 Å². The number of nitrogens with one attached hydrogen (secondary N) is 2. The first-order valence-electron chi connectivity index (χ1n) is 5.81. The third kappa shape index (κ3) is 11.4. The van der Waals surface area contributed by atoms with E-state index in [0.717, 1.165) is 6.42 Å². The number of ether oxygens (including phenoxy) is 1. The van der Waals surface area contributed by atoms with Crippen LogP contribution >= 0.6 is 0 Å². The molecule has 1 amide bonds. The van der Waals surface area contributed by atoms with Crippen LogP contribution in [-0.2, 0) is 4.74 Å². The molecule has 0 bridgehead atoms. The van der Waals surface area contributed by atoms with Crippen molar-refractivity contribution in [1.82, 2.24) is 10.6 Å². The predicted octanol–water partition coefficient (Wildman–Crippen LogP) is -0.156. The zero-order valence-corrected chi connectivity index (χ0v) is 10.8. The standard InChI is InChI=1S/C11H24N2O4/c1-11(2,3)17-10(16)13-6-4-5-12-7-9(15)8-14/h9,12,14-15H,4-8H2,1-3H3,(H,13,16). The van der Waals surface area contributed by atoms with Crippen molar-refractivity contribution in [2.24, 2.45) is 0 Å². The van der Waals surface area contributed by atoms with Gasteiger partial charge in [-0.2, -0.15) is 0 Å². The van der Waals surface area contributed by atoms with Gasteiger partial charge in [-0.1, -0.05) is 0 Å². The molecule has 0 fully saturated rings. The van der Waals surface area contributed by atoms with Crippen LogP contribution in [0.2, 0.25) is 0 Å². The quantitative estimate of drug-likeness (QED) is 0.470. The number of carbonyl (C=O) groups is 1. The molecule has 6 heteroatoms. The Morgan fingerprint density at radius 3 is 2.53 bits per heavy atom. The van der Waals surface area contributed by atoms with Crippen LogP contribution in [-0.4, -0.2) is 54.3 Å². The molecule has 0 saturated heterocycles. The maximum Gasteiger partial charge on any atom is 0.407 e. The monoisotopic (exact) mass is 248 g/mol. The minimum Gasteiger partial charge on any atom is -0.444 e. The molecular weight excluding hydrogens is 224 g/mol. The molecule has 0 aromatic heterocycles. The van der Waals surface area contributed by atoms with Crippen molar-refractivity contribution < 1.29 is 19.7 Å². The molecule has 6 nitrogen and oxygen atoms in total. The SMILES string of the molecule is CC(C)(C)OC(=O)NCCCNCC(O)CO. The van der Waals surface area contributed by atoms with Gasteiger partial charge < -0.3 is 25.6 Å². The van der Waals surface area contributed by atoms with Gasteiger partial charge in [0.05, 0.1) is 12.7 Å². The molecule has 1 atom stereocenters. The van der Waals surface area contributed by atoms with Gasteiger partial charge in [-0.3, -0.25) is 0 Å². The van der Waals surface area contributed by atoms with E-state index >= 15 is 0 Å². The Kier molecular flexibility index (Phi) is 7.86. The van der Waals surface area contributed by atoms with Crippen LogP contribution < -0.4 is 10.6 Å². The number of aliphatic hydroxyl groups excluding tert-OH is 2. The summed E-state index contributed by atoms with van der Waals surface area (Å²) in [6.45, 7) is 6.70. The van der Waals surface area contributed by atoms with Gasteiger partial charge >= 0.3 is 6.09 Å². The van der Waals surface area contributed by atoms with Gasteiger partial charge in [-0.15, -0.1) is 0 Å². The zero-order chi connectivity index (χ0) is 13.3. The average molecular weight is 248 g/mol. The number of amides is 1. The molecule has 0 aromatic carbocycles. The van der Waals surface area contributed by atoms with Crippen LogP contribution in [0, 0.1) is 0 Å². The number of hydrogen-bond acceptors (Lipinski definition) is 5. The number of hydrogen-bond donors (Lipinski definition) is 4. The number of rotatable bonds is 7. The van der Waals surface area contributed by atoms with Gasteiger partial charge in [0.2, 0.25) is 0 Å². The second kappa shape index (κ2) is 8.27. The number of aliphatic hydroxyl groups is 2. The maximum atomic E-state index is 11.2. The van der Waals surface area contributed by atoms with Crippen molar-refractivity contribution in [3.63, 3.8) is 0 Å². The molecular formula is C11H24N2O4. The van der Waals surface area contributed by atoms with Crippen LogP contribution in [0.5, 0.6) is 0 Å². The highest BCUT2D eigenvalue weighted by Crippen LogP contribution is 2.06. The van der Waals surface area contributed by atoms with E-state index in [1.54, 1.807) is 0 Å². The van der Waals surface area contributed by atoms with Crippen LogP contribution in [0.3, 0.4) is 0 Å². The van der Waals surface area contributed by atoms with Crippen molar-refractivity contribution in [3.05, 3.63) is 0 Å². The summed E-state index contributed by atoms with van der Waals surface area (Å²) in [5.41, 5.74) is -0.479. The topological polar surface area (TPSA) is 90.8 Å². The molecule has 17 heavy (non-hydrogen) atoms. The van der Waals surface area contributed by atoms with Gasteiger partial charge in [0.15, 0.2) is 0 Å². The van der Waals surface area contributed by atoms with Crippen molar-refractivity contribution in [1.29, 1.82) is 0 Å². The van der Waals surface area contributed by atoms with E-state index in [2.05, 4.69) is 10.6 Å². The molecule has 0 aliphatic rings. The summed E-state index contributed by atoms with van der Waals surface area (Å²) in [5, 5.41) is 23.2. The van der Waals surface area contributed by atoms with E-state index < -0.39 is 17.8 Å². The molecule has 0 aromatic rings. The van der Waals surface area contributed by atoms with Crippen LogP contribution in [0.25, 0.3) is 0 Å². The fourth-order valence-corrected chi connectivity index (χ4v) is 1.05. The lowest BCUT2D eigenvalue weighted by Gasteiger charge is -2.19. The predicted molar refractivity (Wildman–Crippen MR) is 64.8 cm³/mol. The maximum absolute atomic E-state index is 11.2. The Morgan fingerprint density at radius 1 is 1.35 bits per heavy atom. The molecule has 0 aliphatic carbocycles. The third-order valence-corrected chi connectivity index (χ3v) is 1.79. The van der Waals surface area contributed by atoms with Crippen LogP contribution in [0.15, 0.2) is 0 Å². The van der Waals surface area contributed by atoms with E-state index in [-0.39, 0.29) is 6.61 Å². The van der Waals surface area contributed by atoms with E-state index in [0.29, 0.717) is 19.6 Å². The van der Waals surface area contributed by atoms with Gasteiger partial charge in [0.1, 0.15) is 5.60 Å². The molecule has 1 unspecified atom stereocenters. The summed E-state index contributed by atoms with van der Waals surface area (Å²) >= 11 is 0. The van der Waals surface area contributed by atoms with Crippen molar-refractivity contribution >= 4 is 6.09 Å². The Hall–Kier alpha value is -0.850. The lowest BCUT2D eigenvalue weighted by molar-refractivity contribution is 0.0527. The molecule has 0 radical (unpaired) electrons. The highest BCUT2D eigenvalue weighted by atomic mass is 16.6. The largest absolute Gasteiger partial charge is 0.444 e. The fraction of sp³-hybridized carbons (Fsp3) is 0.909. The minimum atomic E-state index is -0.728.